The zero-order chi connectivity index (χ0) is 9.76. The van der Waals surface area contributed by atoms with E-state index in [1.54, 1.807) is 7.11 Å². The van der Waals surface area contributed by atoms with E-state index in [0.29, 0.717) is 5.92 Å². The van der Waals surface area contributed by atoms with Crippen molar-refractivity contribution < 1.29 is 4.74 Å². The highest BCUT2D eigenvalue weighted by atomic mass is 16.5. The van der Waals surface area contributed by atoms with E-state index in [1.807, 2.05) is 6.07 Å². The third-order valence-electron chi connectivity index (χ3n) is 3.67. The molecular weight excluding hydrogens is 174 g/mol. The summed E-state index contributed by atoms with van der Waals surface area (Å²) < 4.78 is 5.19. The highest BCUT2D eigenvalue weighted by Gasteiger charge is 2.50. The van der Waals surface area contributed by atoms with Crippen molar-refractivity contribution in [2.24, 2.45) is 5.73 Å². The molecule has 0 spiro atoms. The largest absolute Gasteiger partial charge is 0.497 e. The number of hydrogen-bond donors (Lipinski definition) is 1. The first-order valence-electron chi connectivity index (χ1n) is 5.19. The quantitative estimate of drug-likeness (QED) is 0.770. The molecule has 1 aromatic carbocycles. The van der Waals surface area contributed by atoms with Crippen molar-refractivity contribution in [2.75, 3.05) is 7.11 Å². The van der Waals surface area contributed by atoms with Gasteiger partial charge in [-0.05, 0) is 42.5 Å². The molecule has 0 radical (unpaired) electrons. The van der Waals surface area contributed by atoms with Gasteiger partial charge in [-0.15, -0.1) is 0 Å². The fourth-order valence-corrected chi connectivity index (χ4v) is 2.43. The zero-order valence-electron chi connectivity index (χ0n) is 8.42. The summed E-state index contributed by atoms with van der Waals surface area (Å²) in [4.78, 5) is 0. The number of ether oxygens (including phenoxy) is 1. The van der Waals surface area contributed by atoms with Gasteiger partial charge in [0.05, 0.1) is 7.11 Å². The summed E-state index contributed by atoms with van der Waals surface area (Å²) in [6.45, 7) is 0. The van der Waals surface area contributed by atoms with Crippen LogP contribution >= 0.6 is 0 Å². The third kappa shape index (κ3) is 1.01. The summed E-state index contributed by atoms with van der Waals surface area (Å²) in [5.41, 5.74) is 9.22. The number of methoxy groups -OCH3 is 1. The van der Waals surface area contributed by atoms with E-state index < -0.39 is 0 Å². The molecule has 0 heterocycles. The van der Waals surface area contributed by atoms with Crippen LogP contribution in [-0.4, -0.2) is 12.6 Å². The Kier molecular flexibility index (Phi) is 1.49. The molecule has 2 aliphatic carbocycles. The van der Waals surface area contributed by atoms with Gasteiger partial charge in [0.25, 0.3) is 0 Å². The number of nitrogens with two attached hydrogens (primary N) is 1. The monoisotopic (exact) mass is 189 g/mol. The summed E-state index contributed by atoms with van der Waals surface area (Å²) in [5, 5.41) is 0. The highest BCUT2D eigenvalue weighted by Crippen LogP contribution is 2.52. The molecule has 1 atom stereocenters. The number of fused-ring (bicyclic) bond motifs is 1. The predicted molar refractivity (Wildman–Crippen MR) is 55.6 cm³/mol. The van der Waals surface area contributed by atoms with Gasteiger partial charge in [-0.3, -0.25) is 0 Å². The first-order valence-corrected chi connectivity index (χ1v) is 5.19. The predicted octanol–water partition coefficient (Wildman–Crippen LogP) is 1.83. The van der Waals surface area contributed by atoms with Gasteiger partial charge in [0.2, 0.25) is 0 Å². The molecule has 1 saturated carbocycles. The van der Waals surface area contributed by atoms with Gasteiger partial charge in [-0.25, -0.2) is 0 Å². The van der Waals surface area contributed by atoms with Gasteiger partial charge >= 0.3 is 0 Å². The Labute approximate surface area is 84.1 Å². The Morgan fingerprint density at radius 2 is 2.21 bits per heavy atom. The van der Waals surface area contributed by atoms with Crippen LogP contribution in [0.25, 0.3) is 0 Å². The molecule has 3 rings (SSSR count). The number of hydrogen-bond acceptors (Lipinski definition) is 2. The van der Waals surface area contributed by atoms with Crippen LogP contribution < -0.4 is 10.5 Å². The Balaban J connectivity index is 1.91. The van der Waals surface area contributed by atoms with E-state index in [9.17, 15) is 0 Å². The Morgan fingerprint density at radius 1 is 1.43 bits per heavy atom. The topological polar surface area (TPSA) is 35.2 Å². The lowest BCUT2D eigenvalue weighted by Crippen LogP contribution is -2.37. The van der Waals surface area contributed by atoms with Crippen molar-refractivity contribution in [3.05, 3.63) is 29.3 Å². The van der Waals surface area contributed by atoms with Crippen molar-refractivity contribution >= 4 is 0 Å². The number of rotatable bonds is 2. The smallest absolute Gasteiger partial charge is 0.119 e. The maximum absolute atomic E-state index is 6.21. The van der Waals surface area contributed by atoms with Crippen LogP contribution in [0.15, 0.2) is 18.2 Å². The molecule has 0 aromatic heterocycles. The SMILES string of the molecule is COc1ccc2c(c1)CC2C1(N)CC1. The van der Waals surface area contributed by atoms with E-state index >= 15 is 0 Å². The van der Waals surface area contributed by atoms with E-state index in [2.05, 4.69) is 12.1 Å². The van der Waals surface area contributed by atoms with Crippen LogP contribution in [0.1, 0.15) is 29.9 Å². The van der Waals surface area contributed by atoms with Crippen LogP contribution in [0.5, 0.6) is 5.75 Å². The first kappa shape index (κ1) is 8.30. The van der Waals surface area contributed by atoms with E-state index in [-0.39, 0.29) is 5.54 Å². The van der Waals surface area contributed by atoms with Crippen LogP contribution in [0, 0.1) is 0 Å². The Morgan fingerprint density at radius 3 is 2.79 bits per heavy atom. The molecule has 14 heavy (non-hydrogen) atoms. The van der Waals surface area contributed by atoms with Gasteiger partial charge in [0.15, 0.2) is 0 Å². The lowest BCUT2D eigenvalue weighted by molar-refractivity contribution is 0.409. The van der Waals surface area contributed by atoms with Crippen molar-refractivity contribution in [1.82, 2.24) is 0 Å². The van der Waals surface area contributed by atoms with Crippen molar-refractivity contribution in [1.29, 1.82) is 0 Å². The zero-order valence-corrected chi connectivity index (χ0v) is 8.42. The summed E-state index contributed by atoms with van der Waals surface area (Å²) in [6.07, 6.45) is 3.54. The van der Waals surface area contributed by atoms with Crippen LogP contribution in [0.3, 0.4) is 0 Å². The molecule has 1 unspecified atom stereocenters. The second-order valence-electron chi connectivity index (χ2n) is 4.55. The van der Waals surface area contributed by atoms with Crippen LogP contribution in [0.4, 0.5) is 0 Å². The van der Waals surface area contributed by atoms with Crippen molar-refractivity contribution in [2.45, 2.75) is 30.7 Å². The van der Waals surface area contributed by atoms with Crippen LogP contribution in [0.2, 0.25) is 0 Å². The lowest BCUT2D eigenvalue weighted by Gasteiger charge is -2.35. The minimum Gasteiger partial charge on any atom is -0.497 e. The molecule has 74 valence electrons. The van der Waals surface area contributed by atoms with E-state index in [4.69, 9.17) is 10.5 Å². The maximum Gasteiger partial charge on any atom is 0.119 e. The van der Waals surface area contributed by atoms with E-state index in [0.717, 1.165) is 12.2 Å². The molecule has 0 aliphatic heterocycles. The summed E-state index contributed by atoms with van der Waals surface area (Å²) in [6, 6.07) is 6.35. The molecular formula is C12H15NO. The molecule has 0 saturated heterocycles. The molecule has 2 nitrogen and oxygen atoms in total. The standard InChI is InChI=1S/C12H15NO/c1-14-9-2-3-10-8(6-9)7-11(10)12(13)4-5-12/h2-3,6,11H,4-5,7,13H2,1H3. The van der Waals surface area contributed by atoms with Crippen molar-refractivity contribution in [3.63, 3.8) is 0 Å². The molecule has 1 aromatic rings. The molecule has 2 aliphatic rings. The minimum atomic E-state index is 0.140. The number of benzene rings is 1. The lowest BCUT2D eigenvalue weighted by atomic mass is 9.72. The molecule has 1 fully saturated rings. The van der Waals surface area contributed by atoms with Gasteiger partial charge in [0.1, 0.15) is 5.75 Å². The Bertz CT molecular complexity index is 382. The summed E-state index contributed by atoms with van der Waals surface area (Å²) in [7, 11) is 1.71. The minimum absolute atomic E-state index is 0.140. The van der Waals surface area contributed by atoms with E-state index in [1.165, 1.54) is 24.0 Å². The third-order valence-corrected chi connectivity index (χ3v) is 3.67. The second kappa shape index (κ2) is 2.51. The molecule has 2 heteroatoms. The Hall–Kier alpha value is -1.02. The van der Waals surface area contributed by atoms with Crippen LogP contribution in [-0.2, 0) is 6.42 Å². The van der Waals surface area contributed by atoms with Gasteiger partial charge in [-0.1, -0.05) is 6.07 Å². The fraction of sp³-hybridized carbons (Fsp3) is 0.500. The maximum atomic E-state index is 6.21. The first-order chi connectivity index (χ1) is 6.73. The normalized spacial score (nSPS) is 26.3. The second-order valence-corrected chi connectivity index (χ2v) is 4.55. The fourth-order valence-electron chi connectivity index (χ4n) is 2.43. The van der Waals surface area contributed by atoms with Crippen molar-refractivity contribution in [3.8, 4) is 5.75 Å². The summed E-state index contributed by atoms with van der Waals surface area (Å²) in [5.74, 6) is 1.58. The highest BCUT2D eigenvalue weighted by molar-refractivity contribution is 5.48. The van der Waals surface area contributed by atoms with Gasteiger partial charge < -0.3 is 10.5 Å². The van der Waals surface area contributed by atoms with Gasteiger partial charge in [0, 0.05) is 11.5 Å². The van der Waals surface area contributed by atoms with Gasteiger partial charge in [-0.2, -0.15) is 0 Å². The average molecular weight is 189 g/mol. The molecule has 0 bridgehead atoms. The average Bonchev–Trinajstić information content (AvgIpc) is 2.86. The summed E-state index contributed by atoms with van der Waals surface area (Å²) >= 11 is 0. The molecule has 2 N–H and O–H groups in total. The molecule has 0 amide bonds.